The van der Waals surface area contributed by atoms with Crippen LogP contribution in [0.5, 0.6) is 5.75 Å². The number of nitrogen functional groups attached to an aromatic ring is 1. The Morgan fingerprint density at radius 2 is 2.19 bits per heavy atom. The Hall–Kier alpha value is -2.10. The summed E-state index contributed by atoms with van der Waals surface area (Å²) in [6, 6.07) is 7.55. The van der Waals surface area contributed by atoms with E-state index >= 15 is 0 Å². The third-order valence-corrected chi connectivity index (χ3v) is 2.51. The van der Waals surface area contributed by atoms with Crippen LogP contribution in [-0.2, 0) is 0 Å². The topological polar surface area (TPSA) is 72.0 Å². The molecule has 0 spiro atoms. The molecule has 0 bridgehead atoms. The van der Waals surface area contributed by atoms with E-state index in [-0.39, 0.29) is 5.84 Å². The van der Waals surface area contributed by atoms with Crippen molar-refractivity contribution in [1.82, 2.24) is 4.98 Å². The Bertz CT molecular complexity index is 563. The quantitative estimate of drug-likeness (QED) is 0.593. The molecule has 82 valence electrons. The van der Waals surface area contributed by atoms with Gasteiger partial charge in [-0.1, -0.05) is 12.1 Å². The summed E-state index contributed by atoms with van der Waals surface area (Å²) in [6.07, 6.45) is 0. The van der Waals surface area contributed by atoms with Crippen molar-refractivity contribution in [2.24, 2.45) is 5.73 Å². The summed E-state index contributed by atoms with van der Waals surface area (Å²) in [5.74, 6) is 0.666. The molecule has 0 atom stereocenters. The molecule has 0 amide bonds. The van der Waals surface area contributed by atoms with Crippen LogP contribution in [0.3, 0.4) is 0 Å². The van der Waals surface area contributed by atoms with E-state index in [0.29, 0.717) is 11.4 Å². The molecule has 0 saturated heterocycles. The van der Waals surface area contributed by atoms with Gasteiger partial charge in [-0.05, 0) is 24.6 Å². The summed E-state index contributed by atoms with van der Waals surface area (Å²) < 4.78 is 5.24. The fraction of sp³-hybridized carbons (Fsp3) is 0.167. The number of amidine groups is 1. The van der Waals surface area contributed by atoms with Crippen molar-refractivity contribution in [3.63, 3.8) is 0 Å². The number of hydrogen-bond acceptors (Lipinski definition) is 3. The highest BCUT2D eigenvalue weighted by Crippen LogP contribution is 2.26. The van der Waals surface area contributed by atoms with E-state index in [1.807, 2.05) is 31.2 Å². The lowest BCUT2D eigenvalue weighted by Crippen LogP contribution is -2.13. The highest BCUT2D eigenvalue weighted by molar-refractivity contribution is 5.97. The molecule has 1 aromatic heterocycles. The molecule has 1 aromatic carbocycles. The van der Waals surface area contributed by atoms with Crippen molar-refractivity contribution >= 4 is 16.7 Å². The lowest BCUT2D eigenvalue weighted by atomic mass is 10.1. The van der Waals surface area contributed by atoms with Gasteiger partial charge in [0.05, 0.1) is 7.11 Å². The van der Waals surface area contributed by atoms with Crippen molar-refractivity contribution in [3.8, 4) is 5.75 Å². The number of aromatic nitrogens is 1. The first-order valence-corrected chi connectivity index (χ1v) is 4.92. The molecule has 4 nitrogen and oxygen atoms in total. The van der Waals surface area contributed by atoms with Gasteiger partial charge < -0.3 is 10.5 Å². The second kappa shape index (κ2) is 3.81. The predicted molar refractivity (Wildman–Crippen MR) is 64.0 cm³/mol. The molecule has 16 heavy (non-hydrogen) atoms. The Morgan fingerprint density at radius 1 is 1.44 bits per heavy atom. The number of rotatable bonds is 2. The molecule has 1 heterocycles. The average molecular weight is 215 g/mol. The van der Waals surface area contributed by atoms with E-state index < -0.39 is 0 Å². The van der Waals surface area contributed by atoms with Gasteiger partial charge >= 0.3 is 0 Å². The predicted octanol–water partition coefficient (Wildman–Crippen LogP) is 1.84. The first-order valence-electron chi connectivity index (χ1n) is 4.92. The fourth-order valence-corrected chi connectivity index (χ4v) is 1.69. The third kappa shape index (κ3) is 1.58. The van der Waals surface area contributed by atoms with Crippen LogP contribution in [0.1, 0.15) is 11.3 Å². The van der Waals surface area contributed by atoms with E-state index in [4.69, 9.17) is 15.9 Å². The van der Waals surface area contributed by atoms with Gasteiger partial charge in [-0.15, -0.1) is 0 Å². The zero-order valence-electron chi connectivity index (χ0n) is 9.24. The maximum atomic E-state index is 7.41. The zero-order valence-corrected chi connectivity index (χ0v) is 9.24. The molecule has 2 aromatic rings. The summed E-state index contributed by atoms with van der Waals surface area (Å²) in [5.41, 5.74) is 7.71. The SMILES string of the molecule is COc1cccc2c(C)cc(C(=N)N)nc12. The lowest BCUT2D eigenvalue weighted by molar-refractivity contribution is 0.419. The van der Waals surface area contributed by atoms with Crippen LogP contribution in [-0.4, -0.2) is 17.9 Å². The first kappa shape index (κ1) is 10.4. The summed E-state index contributed by atoms with van der Waals surface area (Å²) in [6.45, 7) is 1.97. The number of aryl methyl sites for hydroxylation is 1. The zero-order chi connectivity index (χ0) is 11.7. The molecule has 0 fully saturated rings. The van der Waals surface area contributed by atoms with Crippen LogP contribution in [0, 0.1) is 12.3 Å². The highest BCUT2D eigenvalue weighted by atomic mass is 16.5. The number of nitrogens with zero attached hydrogens (tertiary/aromatic N) is 1. The Balaban J connectivity index is 2.82. The van der Waals surface area contributed by atoms with Crippen LogP contribution in [0.4, 0.5) is 0 Å². The minimum Gasteiger partial charge on any atom is -0.494 e. The van der Waals surface area contributed by atoms with Crippen molar-refractivity contribution in [2.75, 3.05) is 7.11 Å². The maximum absolute atomic E-state index is 7.41. The number of pyridine rings is 1. The number of ether oxygens (including phenoxy) is 1. The number of methoxy groups -OCH3 is 1. The number of nitrogens with one attached hydrogen (secondary N) is 1. The number of benzene rings is 1. The summed E-state index contributed by atoms with van der Waals surface area (Å²) in [4.78, 5) is 4.33. The molecule has 3 N–H and O–H groups in total. The lowest BCUT2D eigenvalue weighted by Gasteiger charge is -2.08. The van der Waals surface area contributed by atoms with Gasteiger partial charge in [0.25, 0.3) is 0 Å². The summed E-state index contributed by atoms with van der Waals surface area (Å²) >= 11 is 0. The van der Waals surface area contributed by atoms with E-state index in [9.17, 15) is 0 Å². The molecule has 0 aliphatic heterocycles. The van der Waals surface area contributed by atoms with E-state index in [1.54, 1.807) is 7.11 Å². The van der Waals surface area contributed by atoms with Crippen molar-refractivity contribution < 1.29 is 4.74 Å². The Labute approximate surface area is 93.6 Å². The molecule has 4 heteroatoms. The standard InChI is InChI=1S/C12H13N3O/c1-7-6-9(12(13)14)15-11-8(7)4-3-5-10(11)16-2/h3-6H,1-2H3,(H3,13,14). The molecule has 2 rings (SSSR count). The molecule has 0 aliphatic carbocycles. The smallest absolute Gasteiger partial charge is 0.145 e. The van der Waals surface area contributed by atoms with E-state index in [0.717, 1.165) is 16.5 Å². The molecule has 0 saturated carbocycles. The second-order valence-corrected chi connectivity index (χ2v) is 3.59. The summed E-state index contributed by atoms with van der Waals surface area (Å²) in [5, 5.41) is 8.43. The van der Waals surface area contributed by atoms with E-state index in [2.05, 4.69) is 4.98 Å². The largest absolute Gasteiger partial charge is 0.494 e. The van der Waals surface area contributed by atoms with Crippen LogP contribution >= 0.6 is 0 Å². The van der Waals surface area contributed by atoms with Gasteiger partial charge in [0.2, 0.25) is 0 Å². The van der Waals surface area contributed by atoms with Gasteiger partial charge in [-0.2, -0.15) is 0 Å². The highest BCUT2D eigenvalue weighted by Gasteiger charge is 2.08. The summed E-state index contributed by atoms with van der Waals surface area (Å²) in [7, 11) is 1.60. The molecule has 0 unspecified atom stereocenters. The van der Waals surface area contributed by atoms with Gasteiger partial charge in [-0.25, -0.2) is 4.98 Å². The van der Waals surface area contributed by atoms with Gasteiger partial charge in [0, 0.05) is 5.39 Å². The van der Waals surface area contributed by atoms with E-state index in [1.165, 1.54) is 0 Å². The Kier molecular flexibility index (Phi) is 2.48. The van der Waals surface area contributed by atoms with Crippen LogP contribution in [0.15, 0.2) is 24.3 Å². The third-order valence-electron chi connectivity index (χ3n) is 2.51. The minimum absolute atomic E-state index is 0.0316. The normalized spacial score (nSPS) is 10.4. The molecular formula is C12H13N3O. The number of nitrogens with two attached hydrogens (primary N) is 1. The monoisotopic (exact) mass is 215 g/mol. The van der Waals surface area contributed by atoms with Gasteiger partial charge in [0.15, 0.2) is 0 Å². The first-order chi connectivity index (χ1) is 7.63. The second-order valence-electron chi connectivity index (χ2n) is 3.59. The van der Waals surface area contributed by atoms with Crippen LogP contribution in [0.25, 0.3) is 10.9 Å². The molecule has 0 radical (unpaired) electrons. The molecule has 0 aliphatic rings. The number of fused-ring (bicyclic) bond motifs is 1. The van der Waals surface area contributed by atoms with Crippen molar-refractivity contribution in [1.29, 1.82) is 5.41 Å². The minimum atomic E-state index is -0.0316. The number of hydrogen-bond donors (Lipinski definition) is 2. The van der Waals surface area contributed by atoms with Crippen molar-refractivity contribution in [2.45, 2.75) is 6.92 Å². The van der Waals surface area contributed by atoms with Gasteiger partial charge in [0.1, 0.15) is 22.8 Å². The molecular weight excluding hydrogens is 202 g/mol. The fourth-order valence-electron chi connectivity index (χ4n) is 1.69. The van der Waals surface area contributed by atoms with Crippen LogP contribution < -0.4 is 10.5 Å². The Morgan fingerprint density at radius 3 is 2.81 bits per heavy atom. The van der Waals surface area contributed by atoms with Crippen LogP contribution in [0.2, 0.25) is 0 Å². The maximum Gasteiger partial charge on any atom is 0.145 e. The van der Waals surface area contributed by atoms with Crippen molar-refractivity contribution in [3.05, 3.63) is 35.5 Å². The average Bonchev–Trinajstić information content (AvgIpc) is 2.28. The number of para-hydroxylation sites is 1. The van der Waals surface area contributed by atoms with Gasteiger partial charge in [-0.3, -0.25) is 5.41 Å².